The summed E-state index contributed by atoms with van der Waals surface area (Å²) in [7, 11) is 0. The SMILES string of the molecule is CCc1nnc(N2CC[C@@H](c3nc(C)no3)C2)nc1CC. The summed E-state index contributed by atoms with van der Waals surface area (Å²) >= 11 is 0. The molecule has 0 N–H and O–H groups in total. The van der Waals surface area contributed by atoms with E-state index < -0.39 is 0 Å². The van der Waals surface area contributed by atoms with Gasteiger partial charge in [0.25, 0.3) is 0 Å². The number of hydrogen-bond acceptors (Lipinski definition) is 7. The van der Waals surface area contributed by atoms with Gasteiger partial charge in [-0.15, -0.1) is 5.10 Å². The largest absolute Gasteiger partial charge is 0.339 e. The van der Waals surface area contributed by atoms with Gasteiger partial charge >= 0.3 is 0 Å². The first-order chi connectivity index (χ1) is 10.2. The van der Waals surface area contributed by atoms with Gasteiger partial charge in [0.05, 0.1) is 17.3 Å². The molecule has 0 aromatic carbocycles. The second-order valence-corrected chi connectivity index (χ2v) is 5.32. The molecule has 1 aliphatic heterocycles. The van der Waals surface area contributed by atoms with E-state index in [1.54, 1.807) is 0 Å². The molecular weight excluding hydrogens is 268 g/mol. The first-order valence-electron chi connectivity index (χ1n) is 7.48. The van der Waals surface area contributed by atoms with Gasteiger partial charge in [-0.1, -0.05) is 19.0 Å². The van der Waals surface area contributed by atoms with Crippen LogP contribution in [0.1, 0.15) is 49.3 Å². The summed E-state index contributed by atoms with van der Waals surface area (Å²) in [4.78, 5) is 11.1. The van der Waals surface area contributed by atoms with E-state index >= 15 is 0 Å². The van der Waals surface area contributed by atoms with Gasteiger partial charge < -0.3 is 9.42 Å². The molecule has 3 rings (SSSR count). The lowest BCUT2D eigenvalue weighted by atomic mass is 10.1. The number of aryl methyl sites for hydroxylation is 3. The maximum atomic E-state index is 5.27. The molecule has 0 radical (unpaired) electrons. The third kappa shape index (κ3) is 2.72. The number of aromatic nitrogens is 5. The van der Waals surface area contributed by atoms with Crippen LogP contribution in [-0.4, -0.2) is 38.4 Å². The van der Waals surface area contributed by atoms with Gasteiger partial charge in [-0.2, -0.15) is 10.1 Å². The highest BCUT2D eigenvalue weighted by molar-refractivity contribution is 5.33. The molecule has 7 nitrogen and oxygen atoms in total. The maximum Gasteiger partial charge on any atom is 0.245 e. The topological polar surface area (TPSA) is 80.8 Å². The molecule has 0 unspecified atom stereocenters. The van der Waals surface area contributed by atoms with Crippen LogP contribution < -0.4 is 4.90 Å². The van der Waals surface area contributed by atoms with Crippen molar-refractivity contribution in [2.24, 2.45) is 0 Å². The Morgan fingerprint density at radius 1 is 1.14 bits per heavy atom. The fourth-order valence-corrected chi connectivity index (χ4v) is 2.68. The first-order valence-corrected chi connectivity index (χ1v) is 7.48. The summed E-state index contributed by atoms with van der Waals surface area (Å²) in [6.07, 6.45) is 2.72. The van der Waals surface area contributed by atoms with E-state index in [9.17, 15) is 0 Å². The van der Waals surface area contributed by atoms with Gasteiger partial charge in [0.2, 0.25) is 11.8 Å². The lowest BCUT2D eigenvalue weighted by Gasteiger charge is -2.16. The van der Waals surface area contributed by atoms with Crippen LogP contribution in [0.4, 0.5) is 5.95 Å². The van der Waals surface area contributed by atoms with Crippen molar-refractivity contribution < 1.29 is 4.52 Å². The van der Waals surface area contributed by atoms with Crippen molar-refractivity contribution in [1.29, 1.82) is 0 Å². The number of nitrogens with zero attached hydrogens (tertiary/aromatic N) is 6. The van der Waals surface area contributed by atoms with E-state index in [4.69, 9.17) is 4.52 Å². The highest BCUT2D eigenvalue weighted by Gasteiger charge is 2.30. The molecule has 2 aromatic rings. The summed E-state index contributed by atoms with van der Waals surface area (Å²) in [6, 6.07) is 0. The van der Waals surface area contributed by atoms with Crippen LogP contribution in [-0.2, 0) is 12.8 Å². The Hall–Kier alpha value is -2.05. The Morgan fingerprint density at radius 2 is 1.95 bits per heavy atom. The van der Waals surface area contributed by atoms with Crippen LogP contribution in [0.2, 0.25) is 0 Å². The molecule has 0 bridgehead atoms. The summed E-state index contributed by atoms with van der Waals surface area (Å²) < 4.78 is 5.27. The van der Waals surface area contributed by atoms with Gasteiger partial charge in [0.1, 0.15) is 0 Å². The molecule has 2 aromatic heterocycles. The zero-order valence-corrected chi connectivity index (χ0v) is 12.7. The Bertz CT molecular complexity index is 626. The first kappa shape index (κ1) is 13.9. The zero-order chi connectivity index (χ0) is 14.8. The molecule has 0 spiro atoms. The lowest BCUT2D eigenvalue weighted by molar-refractivity contribution is 0.356. The molecule has 1 saturated heterocycles. The average molecular weight is 288 g/mol. The van der Waals surface area contributed by atoms with E-state index in [0.29, 0.717) is 17.7 Å². The fraction of sp³-hybridized carbons (Fsp3) is 0.643. The van der Waals surface area contributed by atoms with Crippen molar-refractivity contribution in [2.75, 3.05) is 18.0 Å². The van der Waals surface area contributed by atoms with Crippen LogP contribution in [0.25, 0.3) is 0 Å². The molecular formula is C14H20N6O. The minimum absolute atomic E-state index is 0.255. The summed E-state index contributed by atoms with van der Waals surface area (Å²) in [5.74, 6) is 2.36. The Balaban J connectivity index is 1.77. The second-order valence-electron chi connectivity index (χ2n) is 5.32. The monoisotopic (exact) mass is 288 g/mol. The van der Waals surface area contributed by atoms with E-state index in [2.05, 4.69) is 44.1 Å². The lowest BCUT2D eigenvalue weighted by Crippen LogP contribution is -2.23. The molecule has 21 heavy (non-hydrogen) atoms. The van der Waals surface area contributed by atoms with Crippen molar-refractivity contribution in [3.8, 4) is 0 Å². The molecule has 0 aliphatic carbocycles. The molecule has 112 valence electrons. The fourth-order valence-electron chi connectivity index (χ4n) is 2.68. The third-order valence-electron chi connectivity index (χ3n) is 3.86. The van der Waals surface area contributed by atoms with Crippen LogP contribution in [0, 0.1) is 6.92 Å². The van der Waals surface area contributed by atoms with Crippen molar-refractivity contribution in [1.82, 2.24) is 25.3 Å². The van der Waals surface area contributed by atoms with E-state index in [1.165, 1.54) is 0 Å². The van der Waals surface area contributed by atoms with Crippen LogP contribution in [0.5, 0.6) is 0 Å². The number of rotatable bonds is 4. The van der Waals surface area contributed by atoms with E-state index in [-0.39, 0.29) is 5.92 Å². The Morgan fingerprint density at radius 3 is 2.62 bits per heavy atom. The normalized spacial score (nSPS) is 18.4. The van der Waals surface area contributed by atoms with Crippen molar-refractivity contribution in [3.05, 3.63) is 23.1 Å². The molecule has 0 amide bonds. The van der Waals surface area contributed by atoms with Gasteiger partial charge in [-0.25, -0.2) is 4.98 Å². The Labute approximate surface area is 123 Å². The second kappa shape index (κ2) is 5.75. The molecule has 1 fully saturated rings. The predicted molar refractivity (Wildman–Crippen MR) is 77.2 cm³/mol. The molecule has 0 saturated carbocycles. The van der Waals surface area contributed by atoms with E-state index in [1.807, 2.05) is 6.92 Å². The summed E-state index contributed by atoms with van der Waals surface area (Å²) in [5.41, 5.74) is 2.03. The highest BCUT2D eigenvalue weighted by atomic mass is 16.5. The zero-order valence-electron chi connectivity index (χ0n) is 12.7. The van der Waals surface area contributed by atoms with Gasteiger partial charge in [0, 0.05) is 13.1 Å². The van der Waals surface area contributed by atoms with Crippen LogP contribution >= 0.6 is 0 Å². The molecule has 1 aliphatic rings. The third-order valence-corrected chi connectivity index (χ3v) is 3.86. The quantitative estimate of drug-likeness (QED) is 0.846. The maximum absolute atomic E-state index is 5.27. The van der Waals surface area contributed by atoms with Gasteiger partial charge in [-0.3, -0.25) is 0 Å². The van der Waals surface area contributed by atoms with Crippen molar-refractivity contribution in [3.63, 3.8) is 0 Å². The standard InChI is InChI=1S/C14H20N6O/c1-4-11-12(5-2)17-18-14(16-11)20-7-6-10(8-20)13-15-9(3)19-21-13/h10H,4-8H2,1-3H3/t10-/m1/s1. The predicted octanol–water partition coefficient (Wildman–Crippen LogP) is 1.68. The van der Waals surface area contributed by atoms with Crippen molar-refractivity contribution in [2.45, 2.75) is 46.0 Å². The van der Waals surface area contributed by atoms with Gasteiger partial charge in [0.15, 0.2) is 5.82 Å². The van der Waals surface area contributed by atoms with Gasteiger partial charge in [-0.05, 0) is 26.2 Å². The summed E-state index contributed by atoms with van der Waals surface area (Å²) in [5, 5.41) is 12.4. The number of anilines is 1. The summed E-state index contributed by atoms with van der Waals surface area (Å²) in [6.45, 7) is 7.71. The van der Waals surface area contributed by atoms with E-state index in [0.717, 1.165) is 43.7 Å². The smallest absolute Gasteiger partial charge is 0.245 e. The molecule has 1 atom stereocenters. The molecule has 3 heterocycles. The van der Waals surface area contributed by atoms with Crippen molar-refractivity contribution >= 4 is 5.95 Å². The minimum Gasteiger partial charge on any atom is -0.339 e. The minimum atomic E-state index is 0.255. The highest BCUT2D eigenvalue weighted by Crippen LogP contribution is 2.28. The number of hydrogen-bond donors (Lipinski definition) is 0. The van der Waals surface area contributed by atoms with Crippen LogP contribution in [0.3, 0.4) is 0 Å². The Kier molecular flexibility index (Phi) is 3.81. The molecule has 7 heteroatoms. The average Bonchev–Trinajstić information content (AvgIpc) is 3.15. The van der Waals surface area contributed by atoms with Crippen LogP contribution in [0.15, 0.2) is 4.52 Å².